The van der Waals surface area contributed by atoms with Crippen LogP contribution >= 0.6 is 57.6 Å². The minimum atomic E-state index is -3.98. The number of nitrogens with one attached hydrogen (secondary N) is 2. The molecule has 8 rings (SSSR count). The van der Waals surface area contributed by atoms with Crippen LogP contribution < -0.4 is 15.4 Å². The molecular weight excluding hydrogens is 1020 g/mol. The van der Waals surface area contributed by atoms with Gasteiger partial charge in [-0.2, -0.15) is 43.0 Å². The number of ether oxygens (including phenoxy) is 3. The van der Waals surface area contributed by atoms with E-state index < -0.39 is 42.7 Å². The number of carboxylic acids is 2. The molecule has 0 unspecified atom stereocenters. The summed E-state index contributed by atoms with van der Waals surface area (Å²) in [5.41, 5.74) is 0.941. The summed E-state index contributed by atoms with van der Waals surface area (Å²) in [4.78, 5) is 31.2. The van der Waals surface area contributed by atoms with Gasteiger partial charge in [0.1, 0.15) is 32.4 Å². The van der Waals surface area contributed by atoms with Crippen molar-refractivity contribution in [3.8, 4) is 11.5 Å². The Morgan fingerprint density at radius 2 is 1.07 bits per heavy atom. The smallest absolute Gasteiger partial charge is 0.450 e. The van der Waals surface area contributed by atoms with Crippen molar-refractivity contribution in [2.45, 2.75) is 9.79 Å². The van der Waals surface area contributed by atoms with Gasteiger partial charge < -0.3 is 40.2 Å². The van der Waals surface area contributed by atoms with Gasteiger partial charge >= 0.3 is 16.9 Å². The number of sulfonamides is 2. The summed E-state index contributed by atoms with van der Waals surface area (Å²) in [6.45, 7) is 1.88. The summed E-state index contributed by atoms with van der Waals surface area (Å²) in [6.07, 6.45) is 2.50. The molecule has 0 radical (unpaired) electrons. The molecule has 4 heterocycles. The van der Waals surface area contributed by atoms with Crippen LogP contribution in [0.1, 0.15) is 20.7 Å². The first-order valence-corrected chi connectivity index (χ1v) is 24.5. The van der Waals surface area contributed by atoms with E-state index in [2.05, 4.69) is 20.6 Å². The number of phenols is 1. The van der Waals surface area contributed by atoms with Gasteiger partial charge in [-0.15, -0.1) is 0 Å². The van der Waals surface area contributed by atoms with Gasteiger partial charge in [0.2, 0.25) is 20.0 Å². The van der Waals surface area contributed by atoms with Crippen LogP contribution in [0.3, 0.4) is 0 Å². The van der Waals surface area contributed by atoms with Gasteiger partial charge in [-0.05, 0) is 60.7 Å². The topological polar surface area (TPSA) is 247 Å². The minimum absolute atomic E-state index is 0.0263. The van der Waals surface area contributed by atoms with Crippen LogP contribution in [0.15, 0.2) is 95.0 Å². The first kappa shape index (κ1) is 51.5. The highest BCUT2D eigenvalue weighted by Crippen LogP contribution is 2.39. The lowest BCUT2D eigenvalue weighted by molar-refractivity contribution is 0.0683. The van der Waals surface area contributed by atoms with E-state index in [1.54, 1.807) is 42.5 Å². The largest absolute Gasteiger partial charge is 0.507 e. The fourth-order valence-corrected chi connectivity index (χ4v) is 10.3. The van der Waals surface area contributed by atoms with Gasteiger partial charge in [0, 0.05) is 59.4 Å². The standard InChI is InChI=1S/C21H20ClN3O6S.C20H18ClN3O6S.BCl3/c1-30-17-4-2-3-16(19(17)21(26)27)24-20-14-11-13(22)5-6-15(14)23-12-18(20)32(28,29)25-7-9-31-10-8-25;21-12-4-5-14-13(10-12)19(23-15-2-1-3-16(25)18(15)20(26)27)17(11-22-14)31(28,29)24-6-8-30-9-7-24;2-1(3)4/h2-6,11-12H,7-10H2,1H3,(H,23,24)(H,26,27);1-5,10-11,25H,6-9H2,(H,22,23)(H,26,27);. The summed E-state index contributed by atoms with van der Waals surface area (Å²) >= 11 is 26.8. The quantitative estimate of drug-likeness (QED) is 0.0769. The van der Waals surface area contributed by atoms with E-state index in [-0.39, 0.29) is 102 Å². The molecule has 2 aliphatic heterocycles. The first-order valence-electron chi connectivity index (χ1n) is 19.6. The molecule has 0 atom stereocenters. The SMILES string of the molecule is COc1cccc(Nc2c(S(=O)(=O)N3CCOCC3)cnc3ccc(Cl)cc23)c1C(=O)O.ClB(Cl)Cl.O=C(O)c1c(O)cccc1Nc1c(S(=O)(=O)N2CCOCC2)cnc2ccc(Cl)cc12. The monoisotopic (exact) mass is 1060 g/mol. The van der Waals surface area contributed by atoms with E-state index in [1.165, 1.54) is 58.4 Å². The number of methoxy groups -OCH3 is 1. The Morgan fingerprint density at radius 1 is 0.672 bits per heavy atom. The van der Waals surface area contributed by atoms with E-state index in [0.717, 1.165) is 0 Å². The summed E-state index contributed by atoms with van der Waals surface area (Å²) in [5, 5.41) is 36.8. The average molecular weight is 1060 g/mol. The number of carbonyl (C=O) groups is 2. The first-order chi connectivity index (χ1) is 31.8. The molecule has 0 amide bonds. The van der Waals surface area contributed by atoms with Crippen molar-refractivity contribution >= 4 is 139 Å². The number of halogens is 5. The van der Waals surface area contributed by atoms with Gasteiger partial charge in [-0.1, -0.05) is 35.3 Å². The van der Waals surface area contributed by atoms with E-state index in [4.69, 9.17) is 71.8 Å². The number of aromatic nitrogens is 2. The zero-order valence-corrected chi connectivity index (χ0v) is 40.2. The van der Waals surface area contributed by atoms with E-state index in [1.807, 2.05) is 0 Å². The maximum Gasteiger partial charge on any atom is 0.450 e. The Hall–Kier alpha value is -4.91. The maximum atomic E-state index is 13.5. The lowest BCUT2D eigenvalue weighted by atomic mass is 10.1. The van der Waals surface area contributed by atoms with Crippen LogP contribution in [0, 0.1) is 0 Å². The average Bonchev–Trinajstić information content (AvgIpc) is 3.29. The molecular formula is C41H38BCl5N6O12S2. The van der Waals surface area contributed by atoms with Crippen LogP contribution in [-0.2, 0) is 29.5 Å². The summed E-state index contributed by atoms with van der Waals surface area (Å²) in [7, 11) is -6.58. The van der Waals surface area contributed by atoms with Crippen LogP contribution in [0.4, 0.5) is 22.7 Å². The van der Waals surface area contributed by atoms with Crippen LogP contribution in [-0.4, -0.2) is 127 Å². The third-order valence-electron chi connectivity index (χ3n) is 10.0. The van der Waals surface area contributed by atoms with Crippen molar-refractivity contribution in [1.29, 1.82) is 0 Å². The maximum absolute atomic E-state index is 13.5. The van der Waals surface area contributed by atoms with Crippen LogP contribution in [0.25, 0.3) is 21.8 Å². The highest BCUT2D eigenvalue weighted by atomic mass is 35.6. The van der Waals surface area contributed by atoms with Crippen LogP contribution in [0.2, 0.25) is 10.0 Å². The van der Waals surface area contributed by atoms with Gasteiger partial charge in [-0.25, -0.2) is 26.4 Å². The second kappa shape index (κ2) is 22.5. The van der Waals surface area contributed by atoms with Crippen molar-refractivity contribution in [2.24, 2.45) is 0 Å². The number of hydrogen-bond donors (Lipinski definition) is 5. The Balaban J connectivity index is 0.000000205. The third-order valence-corrected chi connectivity index (χ3v) is 14.3. The summed E-state index contributed by atoms with van der Waals surface area (Å²) < 4.78 is 72.1. The summed E-state index contributed by atoms with van der Waals surface area (Å²) in [5.74, 6) is -2.91. The molecule has 2 aromatic heterocycles. The van der Waals surface area contributed by atoms with E-state index in [9.17, 15) is 41.7 Å². The highest BCUT2D eigenvalue weighted by Gasteiger charge is 2.33. The molecule has 0 spiro atoms. The molecule has 4 aromatic carbocycles. The van der Waals surface area contributed by atoms with Gasteiger partial charge in [0.25, 0.3) is 0 Å². The van der Waals surface area contributed by atoms with Crippen molar-refractivity contribution in [2.75, 3.05) is 70.3 Å². The Morgan fingerprint density at radius 3 is 1.48 bits per heavy atom. The number of benzene rings is 4. The molecule has 354 valence electrons. The van der Waals surface area contributed by atoms with Crippen molar-refractivity contribution in [3.05, 3.63) is 106 Å². The van der Waals surface area contributed by atoms with Crippen molar-refractivity contribution < 1.29 is 56.0 Å². The van der Waals surface area contributed by atoms with Crippen molar-refractivity contribution in [1.82, 2.24) is 18.6 Å². The molecule has 2 saturated heterocycles. The number of pyridine rings is 2. The normalized spacial score (nSPS) is 14.5. The highest BCUT2D eigenvalue weighted by molar-refractivity contribution is 7.89. The number of aromatic hydroxyl groups is 1. The van der Waals surface area contributed by atoms with E-state index in [0.29, 0.717) is 31.9 Å². The fourth-order valence-electron chi connectivity index (χ4n) is 6.96. The number of rotatable bonds is 11. The number of anilines is 4. The number of aromatic carboxylic acids is 2. The lowest BCUT2D eigenvalue weighted by Crippen LogP contribution is -2.40. The Bertz CT molecular complexity index is 3040. The zero-order valence-electron chi connectivity index (χ0n) is 34.8. The summed E-state index contributed by atoms with van der Waals surface area (Å²) in [6, 6.07) is 18.5. The van der Waals surface area contributed by atoms with E-state index >= 15 is 0 Å². The molecule has 5 N–H and O–H groups in total. The van der Waals surface area contributed by atoms with Gasteiger partial charge in [0.15, 0.2) is 0 Å². The second-order valence-electron chi connectivity index (χ2n) is 14.0. The molecule has 6 aromatic rings. The fraction of sp³-hybridized carbons (Fsp3) is 0.220. The molecule has 2 fully saturated rings. The number of fused-ring (bicyclic) bond motifs is 2. The predicted octanol–water partition coefficient (Wildman–Crippen LogP) is 8.10. The predicted molar refractivity (Wildman–Crippen MR) is 258 cm³/mol. The molecule has 67 heavy (non-hydrogen) atoms. The zero-order chi connectivity index (χ0) is 48.6. The third kappa shape index (κ3) is 12.0. The second-order valence-corrected chi connectivity index (χ2v) is 20.7. The molecule has 26 heteroatoms. The van der Waals surface area contributed by atoms with Gasteiger partial charge in [-0.3, -0.25) is 9.97 Å². The molecule has 18 nitrogen and oxygen atoms in total. The molecule has 0 saturated carbocycles. The number of nitrogens with zero attached hydrogens (tertiary/aromatic N) is 4. The Kier molecular flexibility index (Phi) is 17.3. The number of morpholine rings is 2. The molecule has 0 bridgehead atoms. The van der Waals surface area contributed by atoms with Gasteiger partial charge in [0.05, 0.1) is 67.3 Å². The number of hydrogen-bond acceptors (Lipinski definition) is 14. The van der Waals surface area contributed by atoms with Crippen LogP contribution in [0.5, 0.6) is 11.5 Å². The number of carboxylic acid groups (broad SMARTS) is 2. The minimum Gasteiger partial charge on any atom is -0.507 e. The van der Waals surface area contributed by atoms with Crippen molar-refractivity contribution in [3.63, 3.8) is 0 Å². The molecule has 2 aliphatic rings. The molecule has 0 aliphatic carbocycles. The lowest BCUT2D eigenvalue weighted by Gasteiger charge is -2.27. The Labute approximate surface area is 409 Å².